The molecule has 0 aromatic heterocycles. The Labute approximate surface area is 88.8 Å². The van der Waals surface area contributed by atoms with E-state index >= 15 is 0 Å². The van der Waals surface area contributed by atoms with Crippen molar-refractivity contribution in [3.63, 3.8) is 0 Å². The van der Waals surface area contributed by atoms with Crippen molar-refractivity contribution >= 4 is 11.9 Å². The van der Waals surface area contributed by atoms with Crippen molar-refractivity contribution in [1.82, 2.24) is 5.32 Å². The average Bonchev–Trinajstić information content (AvgIpc) is 2.15. The molecular formula is C9H18N2O4. The van der Waals surface area contributed by atoms with Crippen LogP contribution in [0.5, 0.6) is 0 Å². The molecule has 0 rings (SSSR count). The van der Waals surface area contributed by atoms with E-state index in [0.29, 0.717) is 13.2 Å². The van der Waals surface area contributed by atoms with Gasteiger partial charge in [0.25, 0.3) is 0 Å². The number of carbonyl (C=O) groups is 2. The van der Waals surface area contributed by atoms with E-state index in [2.05, 4.69) is 5.32 Å². The van der Waals surface area contributed by atoms with E-state index in [9.17, 15) is 9.59 Å². The van der Waals surface area contributed by atoms with Gasteiger partial charge in [0.2, 0.25) is 5.91 Å². The summed E-state index contributed by atoms with van der Waals surface area (Å²) < 4.78 is 4.82. The summed E-state index contributed by atoms with van der Waals surface area (Å²) >= 11 is 0. The van der Waals surface area contributed by atoms with Crippen molar-refractivity contribution in [1.29, 1.82) is 0 Å². The van der Waals surface area contributed by atoms with Gasteiger partial charge < -0.3 is 20.9 Å². The van der Waals surface area contributed by atoms with E-state index in [4.69, 9.17) is 15.6 Å². The van der Waals surface area contributed by atoms with Crippen LogP contribution < -0.4 is 11.1 Å². The zero-order valence-electron chi connectivity index (χ0n) is 8.86. The van der Waals surface area contributed by atoms with E-state index in [1.807, 2.05) is 0 Å². The largest absolute Gasteiger partial charge is 0.480 e. The van der Waals surface area contributed by atoms with Crippen LogP contribution in [0, 0.1) is 0 Å². The fourth-order valence-corrected chi connectivity index (χ4v) is 1.09. The number of nitrogens with two attached hydrogens (primary N) is 1. The van der Waals surface area contributed by atoms with Crippen LogP contribution in [0.25, 0.3) is 0 Å². The minimum Gasteiger partial charge on any atom is -0.480 e. The molecule has 0 radical (unpaired) electrons. The zero-order chi connectivity index (χ0) is 11.7. The number of carbonyl (C=O) groups excluding carboxylic acids is 1. The number of amides is 1. The molecule has 1 atom stereocenters. The number of carboxylic acid groups (broad SMARTS) is 1. The Morgan fingerprint density at radius 1 is 1.53 bits per heavy atom. The first kappa shape index (κ1) is 13.9. The fourth-order valence-electron chi connectivity index (χ4n) is 1.09. The molecule has 0 bridgehead atoms. The predicted octanol–water partition coefficient (Wildman–Crippen LogP) is -0.669. The number of methoxy groups -OCH3 is 1. The summed E-state index contributed by atoms with van der Waals surface area (Å²) in [6.07, 6.45) is 1.03. The summed E-state index contributed by atoms with van der Waals surface area (Å²) in [5.74, 6) is -1.45. The van der Waals surface area contributed by atoms with E-state index in [1.165, 1.54) is 0 Å². The lowest BCUT2D eigenvalue weighted by molar-refractivity contribution is -0.139. The molecule has 6 nitrogen and oxygen atoms in total. The molecule has 88 valence electrons. The Morgan fingerprint density at radius 2 is 2.20 bits per heavy atom. The second kappa shape index (κ2) is 8.19. The summed E-state index contributed by atoms with van der Waals surface area (Å²) in [5, 5.41) is 11.6. The lowest BCUT2D eigenvalue weighted by Gasteiger charge is -2.13. The Hall–Kier alpha value is -1.14. The molecule has 0 unspecified atom stereocenters. The summed E-state index contributed by atoms with van der Waals surface area (Å²) in [7, 11) is 1.59. The standard InChI is InChI=1S/C9H18N2O4/c1-15-6-2-5-11-7(9(13)14)3-4-8(10)12/h7,11H,2-6H2,1H3,(H2,10,12)(H,13,14)/t7-/m0/s1. The Bertz CT molecular complexity index is 208. The van der Waals surface area contributed by atoms with Gasteiger partial charge in [-0.1, -0.05) is 0 Å². The molecule has 6 heteroatoms. The highest BCUT2D eigenvalue weighted by molar-refractivity contribution is 5.77. The summed E-state index contributed by atoms with van der Waals surface area (Å²) in [4.78, 5) is 21.2. The van der Waals surface area contributed by atoms with Crippen molar-refractivity contribution < 1.29 is 19.4 Å². The number of nitrogens with one attached hydrogen (secondary N) is 1. The van der Waals surface area contributed by atoms with Crippen molar-refractivity contribution in [3.05, 3.63) is 0 Å². The van der Waals surface area contributed by atoms with E-state index < -0.39 is 17.9 Å². The molecular weight excluding hydrogens is 200 g/mol. The van der Waals surface area contributed by atoms with Gasteiger partial charge in [0.05, 0.1) is 0 Å². The van der Waals surface area contributed by atoms with E-state index in [0.717, 1.165) is 6.42 Å². The minimum absolute atomic E-state index is 0.0776. The second-order valence-corrected chi connectivity index (χ2v) is 3.20. The predicted molar refractivity (Wildman–Crippen MR) is 54.3 cm³/mol. The van der Waals surface area contributed by atoms with Crippen LogP contribution in [0.15, 0.2) is 0 Å². The van der Waals surface area contributed by atoms with Crippen LogP contribution in [0.2, 0.25) is 0 Å². The van der Waals surface area contributed by atoms with Crippen LogP contribution in [-0.4, -0.2) is 43.3 Å². The number of hydrogen-bond donors (Lipinski definition) is 3. The quantitative estimate of drug-likeness (QED) is 0.445. The minimum atomic E-state index is -0.964. The van der Waals surface area contributed by atoms with Crippen LogP contribution in [0.4, 0.5) is 0 Å². The van der Waals surface area contributed by atoms with E-state index in [-0.39, 0.29) is 12.8 Å². The van der Waals surface area contributed by atoms with Crippen LogP contribution >= 0.6 is 0 Å². The highest BCUT2D eigenvalue weighted by Crippen LogP contribution is 1.97. The molecule has 0 aromatic carbocycles. The number of primary amides is 1. The SMILES string of the molecule is COCCCN[C@@H](CCC(N)=O)C(=O)O. The maximum absolute atomic E-state index is 10.7. The first-order chi connectivity index (χ1) is 7.07. The molecule has 4 N–H and O–H groups in total. The molecule has 0 spiro atoms. The summed E-state index contributed by atoms with van der Waals surface area (Å²) in [5.41, 5.74) is 4.94. The molecule has 0 fully saturated rings. The molecule has 0 aliphatic heterocycles. The van der Waals surface area contributed by atoms with Gasteiger partial charge in [-0.15, -0.1) is 0 Å². The smallest absolute Gasteiger partial charge is 0.320 e. The van der Waals surface area contributed by atoms with Gasteiger partial charge in [-0.25, -0.2) is 0 Å². The summed E-state index contributed by atoms with van der Waals surface area (Å²) in [6, 6.07) is -0.714. The van der Waals surface area contributed by atoms with Gasteiger partial charge in [0, 0.05) is 20.1 Å². The van der Waals surface area contributed by atoms with Crippen LogP contribution in [-0.2, 0) is 14.3 Å². The Kier molecular flexibility index (Phi) is 7.57. The highest BCUT2D eigenvalue weighted by atomic mass is 16.5. The molecule has 0 heterocycles. The highest BCUT2D eigenvalue weighted by Gasteiger charge is 2.16. The lowest BCUT2D eigenvalue weighted by atomic mass is 10.1. The first-order valence-corrected chi connectivity index (χ1v) is 4.81. The number of ether oxygens (including phenoxy) is 1. The van der Waals surface area contributed by atoms with Gasteiger partial charge in [0.1, 0.15) is 6.04 Å². The van der Waals surface area contributed by atoms with Crippen LogP contribution in [0.1, 0.15) is 19.3 Å². The Morgan fingerprint density at radius 3 is 2.67 bits per heavy atom. The molecule has 0 saturated carbocycles. The molecule has 0 aliphatic carbocycles. The lowest BCUT2D eigenvalue weighted by Crippen LogP contribution is -2.38. The molecule has 15 heavy (non-hydrogen) atoms. The average molecular weight is 218 g/mol. The molecule has 0 aliphatic rings. The monoisotopic (exact) mass is 218 g/mol. The number of hydrogen-bond acceptors (Lipinski definition) is 4. The number of rotatable bonds is 9. The van der Waals surface area contributed by atoms with Crippen molar-refractivity contribution in [2.24, 2.45) is 5.73 Å². The third-order valence-electron chi connectivity index (χ3n) is 1.89. The zero-order valence-corrected chi connectivity index (χ0v) is 8.86. The van der Waals surface area contributed by atoms with Gasteiger partial charge in [-0.2, -0.15) is 0 Å². The van der Waals surface area contributed by atoms with Gasteiger partial charge in [-0.05, 0) is 19.4 Å². The first-order valence-electron chi connectivity index (χ1n) is 4.81. The number of carboxylic acids is 1. The Balaban J connectivity index is 3.73. The molecule has 0 saturated heterocycles. The van der Waals surface area contributed by atoms with Gasteiger partial charge in [-0.3, -0.25) is 9.59 Å². The molecule has 0 aromatic rings. The topological polar surface area (TPSA) is 102 Å². The van der Waals surface area contributed by atoms with E-state index in [1.54, 1.807) is 7.11 Å². The number of aliphatic carboxylic acids is 1. The third-order valence-corrected chi connectivity index (χ3v) is 1.89. The second-order valence-electron chi connectivity index (χ2n) is 3.20. The van der Waals surface area contributed by atoms with Crippen molar-refractivity contribution in [2.75, 3.05) is 20.3 Å². The summed E-state index contributed by atoms with van der Waals surface area (Å²) in [6.45, 7) is 1.12. The fraction of sp³-hybridized carbons (Fsp3) is 0.778. The van der Waals surface area contributed by atoms with Gasteiger partial charge >= 0.3 is 5.97 Å². The maximum atomic E-state index is 10.7. The van der Waals surface area contributed by atoms with Gasteiger partial charge in [0.15, 0.2) is 0 Å². The normalized spacial score (nSPS) is 12.3. The molecule has 1 amide bonds. The third kappa shape index (κ3) is 7.90. The van der Waals surface area contributed by atoms with Crippen molar-refractivity contribution in [2.45, 2.75) is 25.3 Å². The maximum Gasteiger partial charge on any atom is 0.320 e. The van der Waals surface area contributed by atoms with Crippen LogP contribution in [0.3, 0.4) is 0 Å². The van der Waals surface area contributed by atoms with Crippen molar-refractivity contribution in [3.8, 4) is 0 Å².